The van der Waals surface area contributed by atoms with Crippen molar-refractivity contribution in [3.05, 3.63) is 47.5 Å². The summed E-state index contributed by atoms with van der Waals surface area (Å²) in [4.78, 5) is 37.0. The molecule has 2 aliphatic rings. The van der Waals surface area contributed by atoms with Crippen molar-refractivity contribution >= 4 is 28.6 Å². The second-order valence-corrected chi connectivity index (χ2v) is 10.0. The number of rotatable bonds is 9. The van der Waals surface area contributed by atoms with E-state index in [1.165, 1.54) is 26.2 Å². The standard InChI is InChI=1S/C27H34N2O13/c1-11(32)28-19-21(34)23(17(10-31)41-26(19)39-2)42-27-22(35)18(20(33)16(9-30)40-27)29-24(36)14-7-12-5-3-4-6-13(12)8-15(14)25(37)38/h3-8,16-23,26-27,30-31,33-35H,9-10H2,1-2H3,(H,28,32)(H,29,36)(H,37,38)/t16?,17?,18?,19-,20-,21?,22-,23+,26+,27-/m0/s1. The number of hydrogen-bond donors (Lipinski definition) is 8. The van der Waals surface area contributed by atoms with Crippen molar-refractivity contribution in [1.82, 2.24) is 10.6 Å². The Morgan fingerprint density at radius 3 is 1.98 bits per heavy atom. The maximum atomic E-state index is 13.3. The Labute approximate surface area is 239 Å². The summed E-state index contributed by atoms with van der Waals surface area (Å²) in [6.07, 6.45) is -12.0. The Bertz CT molecular complexity index is 1290. The van der Waals surface area contributed by atoms with Gasteiger partial charge >= 0.3 is 5.97 Å². The Kier molecular flexibility index (Phi) is 10.1. The van der Waals surface area contributed by atoms with E-state index < -0.39 is 92.3 Å². The number of amides is 2. The van der Waals surface area contributed by atoms with Gasteiger partial charge < -0.3 is 60.2 Å². The van der Waals surface area contributed by atoms with E-state index in [0.717, 1.165) is 0 Å². The first-order chi connectivity index (χ1) is 20.0. The number of aromatic carboxylic acids is 1. The zero-order valence-electron chi connectivity index (χ0n) is 22.7. The van der Waals surface area contributed by atoms with E-state index in [-0.39, 0.29) is 11.1 Å². The Morgan fingerprint density at radius 2 is 1.43 bits per heavy atom. The molecule has 4 rings (SSSR count). The van der Waals surface area contributed by atoms with E-state index in [0.29, 0.717) is 10.8 Å². The van der Waals surface area contributed by atoms with Crippen molar-refractivity contribution in [2.75, 3.05) is 20.3 Å². The summed E-state index contributed by atoms with van der Waals surface area (Å²) in [5, 5.41) is 68.5. The second kappa shape index (κ2) is 13.4. The monoisotopic (exact) mass is 594 g/mol. The predicted octanol–water partition coefficient (Wildman–Crippen LogP) is -2.31. The van der Waals surface area contributed by atoms with Crippen LogP contribution >= 0.6 is 0 Å². The van der Waals surface area contributed by atoms with Crippen LogP contribution in [0.4, 0.5) is 0 Å². The third-order valence-electron chi connectivity index (χ3n) is 7.29. The lowest BCUT2D eigenvalue weighted by molar-refractivity contribution is -0.336. The van der Waals surface area contributed by atoms with E-state index >= 15 is 0 Å². The van der Waals surface area contributed by atoms with Gasteiger partial charge in [0.15, 0.2) is 12.6 Å². The summed E-state index contributed by atoms with van der Waals surface area (Å²) >= 11 is 0. The SMILES string of the molecule is CO[C@@H]1OC(CO)[C@@H](O[C@@H]2OC(CO)[C@H](O)C(NC(=O)c3cc4ccccc4cc3C(=O)O)[C@@H]2O)C(O)[C@@H]1NC(C)=O. The van der Waals surface area contributed by atoms with Crippen LogP contribution in [0, 0.1) is 0 Å². The third kappa shape index (κ3) is 6.39. The fourth-order valence-electron chi connectivity index (χ4n) is 5.18. The topological polar surface area (TPSA) is 234 Å². The molecule has 15 heteroatoms. The molecule has 15 nitrogen and oxygen atoms in total. The number of carbonyl (C=O) groups excluding carboxylic acids is 2. The van der Waals surface area contributed by atoms with Gasteiger partial charge in [-0.15, -0.1) is 0 Å². The quantitative estimate of drug-likeness (QED) is 0.153. The fraction of sp³-hybridized carbons (Fsp3) is 0.519. The average molecular weight is 595 g/mol. The number of fused-ring (bicyclic) bond motifs is 1. The van der Waals surface area contributed by atoms with Gasteiger partial charge in [0, 0.05) is 14.0 Å². The Morgan fingerprint density at radius 1 is 0.833 bits per heavy atom. The van der Waals surface area contributed by atoms with E-state index in [1.54, 1.807) is 24.3 Å². The molecule has 2 aromatic rings. The first-order valence-corrected chi connectivity index (χ1v) is 13.1. The first kappa shape index (κ1) is 31.7. The third-order valence-corrected chi connectivity index (χ3v) is 7.29. The number of ether oxygens (including phenoxy) is 4. The highest BCUT2D eigenvalue weighted by molar-refractivity contribution is 6.08. The molecule has 42 heavy (non-hydrogen) atoms. The summed E-state index contributed by atoms with van der Waals surface area (Å²) < 4.78 is 22.1. The van der Waals surface area contributed by atoms with E-state index in [9.17, 15) is 45.0 Å². The van der Waals surface area contributed by atoms with Gasteiger partial charge in [0.1, 0.15) is 42.7 Å². The van der Waals surface area contributed by atoms with E-state index in [2.05, 4.69) is 10.6 Å². The molecule has 0 radical (unpaired) electrons. The van der Waals surface area contributed by atoms with Gasteiger partial charge in [-0.1, -0.05) is 24.3 Å². The zero-order valence-corrected chi connectivity index (χ0v) is 22.7. The number of carbonyl (C=O) groups is 3. The number of hydrogen-bond acceptors (Lipinski definition) is 12. The Hall–Kier alpha value is -3.25. The van der Waals surface area contributed by atoms with Crippen LogP contribution in [-0.4, -0.2) is 130 Å². The summed E-state index contributed by atoms with van der Waals surface area (Å²) in [6.45, 7) is -0.250. The van der Waals surface area contributed by atoms with Crippen LogP contribution in [0.1, 0.15) is 27.6 Å². The molecule has 0 aliphatic carbocycles. The minimum Gasteiger partial charge on any atom is -0.478 e. The molecule has 0 bridgehead atoms. The normalized spacial score (nSPS) is 33.2. The smallest absolute Gasteiger partial charge is 0.336 e. The molecule has 0 spiro atoms. The van der Waals surface area contributed by atoms with Crippen molar-refractivity contribution in [2.45, 2.75) is 68.2 Å². The largest absolute Gasteiger partial charge is 0.478 e. The number of carboxylic acid groups (broad SMARTS) is 1. The molecule has 2 fully saturated rings. The van der Waals surface area contributed by atoms with Crippen molar-refractivity contribution < 1.29 is 64.0 Å². The molecular weight excluding hydrogens is 560 g/mol. The van der Waals surface area contributed by atoms with Crippen LogP contribution in [0.2, 0.25) is 0 Å². The lowest BCUT2D eigenvalue weighted by Crippen LogP contribution is -2.69. The first-order valence-electron chi connectivity index (χ1n) is 13.1. The lowest BCUT2D eigenvalue weighted by atomic mass is 9.93. The second-order valence-electron chi connectivity index (χ2n) is 10.0. The molecule has 2 aromatic carbocycles. The summed E-state index contributed by atoms with van der Waals surface area (Å²) in [7, 11) is 1.27. The maximum absolute atomic E-state index is 13.3. The number of benzene rings is 2. The molecule has 0 aromatic heterocycles. The molecule has 10 atom stereocenters. The van der Waals surface area contributed by atoms with Gasteiger partial charge in [0.2, 0.25) is 5.91 Å². The van der Waals surface area contributed by atoms with E-state index in [1.807, 2.05) is 0 Å². The average Bonchev–Trinajstić information content (AvgIpc) is 2.97. The van der Waals surface area contributed by atoms with Gasteiger partial charge in [-0.25, -0.2) is 4.79 Å². The maximum Gasteiger partial charge on any atom is 0.336 e. The number of aliphatic hydroxyl groups is 5. The molecule has 0 saturated carbocycles. The number of methoxy groups -OCH3 is 1. The molecule has 2 amide bonds. The van der Waals surface area contributed by atoms with Crippen molar-refractivity contribution in [2.24, 2.45) is 0 Å². The molecule has 4 unspecified atom stereocenters. The minimum atomic E-state index is -1.83. The molecule has 2 saturated heterocycles. The zero-order chi connectivity index (χ0) is 30.7. The van der Waals surface area contributed by atoms with Gasteiger partial charge in [-0.3, -0.25) is 9.59 Å². The van der Waals surface area contributed by atoms with Crippen LogP contribution < -0.4 is 10.6 Å². The number of aliphatic hydroxyl groups excluding tert-OH is 5. The van der Waals surface area contributed by atoms with Crippen LogP contribution in [0.3, 0.4) is 0 Å². The van der Waals surface area contributed by atoms with Gasteiger partial charge in [-0.05, 0) is 22.9 Å². The highest BCUT2D eigenvalue weighted by Gasteiger charge is 2.51. The summed E-state index contributed by atoms with van der Waals surface area (Å²) in [5.41, 5.74) is -0.566. The summed E-state index contributed by atoms with van der Waals surface area (Å²) in [6, 6.07) is 6.76. The summed E-state index contributed by atoms with van der Waals surface area (Å²) in [5.74, 6) is -2.85. The van der Waals surface area contributed by atoms with Crippen LogP contribution in [0.15, 0.2) is 36.4 Å². The Balaban J connectivity index is 1.60. The molecule has 2 heterocycles. The van der Waals surface area contributed by atoms with Gasteiger partial charge in [-0.2, -0.15) is 0 Å². The fourth-order valence-corrected chi connectivity index (χ4v) is 5.18. The predicted molar refractivity (Wildman–Crippen MR) is 141 cm³/mol. The minimum absolute atomic E-state index is 0.245. The van der Waals surface area contributed by atoms with Gasteiger partial charge in [0.05, 0.1) is 30.4 Å². The van der Waals surface area contributed by atoms with Crippen LogP contribution in [0.5, 0.6) is 0 Å². The van der Waals surface area contributed by atoms with Gasteiger partial charge in [0.25, 0.3) is 5.91 Å². The molecular formula is C27H34N2O13. The molecule has 8 N–H and O–H groups in total. The van der Waals surface area contributed by atoms with Crippen molar-refractivity contribution in [1.29, 1.82) is 0 Å². The highest BCUT2D eigenvalue weighted by Crippen LogP contribution is 2.30. The van der Waals surface area contributed by atoms with Crippen molar-refractivity contribution in [3.63, 3.8) is 0 Å². The van der Waals surface area contributed by atoms with E-state index in [4.69, 9.17) is 18.9 Å². The number of nitrogens with one attached hydrogen (secondary N) is 2. The highest BCUT2D eigenvalue weighted by atomic mass is 16.7. The van der Waals surface area contributed by atoms with Crippen LogP contribution in [0.25, 0.3) is 10.8 Å². The number of carboxylic acids is 1. The molecule has 2 aliphatic heterocycles. The van der Waals surface area contributed by atoms with Crippen LogP contribution in [-0.2, 0) is 23.7 Å². The lowest BCUT2D eigenvalue weighted by Gasteiger charge is -2.47. The van der Waals surface area contributed by atoms with Crippen molar-refractivity contribution in [3.8, 4) is 0 Å². The molecule has 230 valence electrons.